The topological polar surface area (TPSA) is 54.9 Å². The second kappa shape index (κ2) is 5.63. The molecule has 0 aliphatic rings. The first-order valence-electron chi connectivity index (χ1n) is 5.55. The molecule has 2 atom stereocenters. The zero-order valence-corrected chi connectivity index (χ0v) is 11.8. The van der Waals surface area contributed by atoms with Gasteiger partial charge in [-0.05, 0) is 30.7 Å². The van der Waals surface area contributed by atoms with E-state index >= 15 is 0 Å². The highest BCUT2D eigenvalue weighted by Crippen LogP contribution is 2.22. The molecule has 2 unspecified atom stereocenters. The van der Waals surface area contributed by atoms with Gasteiger partial charge in [-0.15, -0.1) is 0 Å². The molecular formula is C12H14ClN3OS. The molecule has 0 aliphatic carbocycles. The lowest BCUT2D eigenvalue weighted by Crippen LogP contribution is -2.23. The van der Waals surface area contributed by atoms with Gasteiger partial charge in [0.15, 0.2) is 0 Å². The number of halogens is 1. The maximum absolute atomic E-state index is 11.2. The van der Waals surface area contributed by atoms with Crippen LogP contribution in [0.4, 0.5) is 5.82 Å². The Morgan fingerprint density at radius 3 is 2.83 bits per heavy atom. The van der Waals surface area contributed by atoms with Crippen LogP contribution in [0.1, 0.15) is 6.92 Å². The summed E-state index contributed by atoms with van der Waals surface area (Å²) in [6.45, 7) is 1.96. The Morgan fingerprint density at radius 1 is 1.39 bits per heavy atom. The van der Waals surface area contributed by atoms with Crippen molar-refractivity contribution in [2.75, 3.05) is 17.3 Å². The zero-order valence-electron chi connectivity index (χ0n) is 10.2. The minimum absolute atomic E-state index is 0.0604. The summed E-state index contributed by atoms with van der Waals surface area (Å²) in [5, 5.41) is 4.35. The second-order valence-electron chi connectivity index (χ2n) is 4.14. The summed E-state index contributed by atoms with van der Waals surface area (Å²) in [5.41, 5.74) is 0.796. The molecular weight excluding hydrogens is 270 g/mol. The van der Waals surface area contributed by atoms with Crippen LogP contribution in [0.2, 0.25) is 5.28 Å². The van der Waals surface area contributed by atoms with E-state index in [2.05, 4.69) is 15.3 Å². The molecule has 6 heteroatoms. The molecule has 1 heterocycles. The normalized spacial score (nSPS) is 14.4. The molecule has 4 nitrogen and oxygen atoms in total. The van der Waals surface area contributed by atoms with Crippen molar-refractivity contribution in [3.63, 3.8) is 0 Å². The molecule has 2 rings (SSSR count). The molecule has 0 fully saturated rings. The van der Waals surface area contributed by atoms with Crippen molar-refractivity contribution in [2.45, 2.75) is 13.0 Å². The Balaban J connectivity index is 2.35. The van der Waals surface area contributed by atoms with Crippen LogP contribution in [0.15, 0.2) is 24.3 Å². The monoisotopic (exact) mass is 283 g/mol. The summed E-state index contributed by atoms with van der Waals surface area (Å²) < 4.78 is 11.2. The molecule has 1 aromatic heterocycles. The van der Waals surface area contributed by atoms with Crippen molar-refractivity contribution >= 4 is 39.1 Å². The Hall–Kier alpha value is -1.20. The largest absolute Gasteiger partial charge is 0.366 e. The Labute approximate surface area is 113 Å². The first-order chi connectivity index (χ1) is 8.56. The van der Waals surface area contributed by atoms with Crippen molar-refractivity contribution in [3.8, 4) is 0 Å². The molecule has 0 aliphatic heterocycles. The Kier molecular flexibility index (Phi) is 4.14. The van der Waals surface area contributed by atoms with Crippen molar-refractivity contribution in [3.05, 3.63) is 29.5 Å². The average Bonchev–Trinajstić information content (AvgIpc) is 2.27. The molecule has 0 saturated carbocycles. The first kappa shape index (κ1) is 13.2. The van der Waals surface area contributed by atoms with Crippen LogP contribution >= 0.6 is 11.6 Å². The van der Waals surface area contributed by atoms with Gasteiger partial charge in [0, 0.05) is 34.2 Å². The van der Waals surface area contributed by atoms with E-state index in [1.165, 1.54) is 0 Å². The van der Waals surface area contributed by atoms with Gasteiger partial charge in [-0.3, -0.25) is 4.21 Å². The maximum atomic E-state index is 11.2. The smallest absolute Gasteiger partial charge is 0.224 e. The van der Waals surface area contributed by atoms with Crippen LogP contribution in [-0.2, 0) is 10.8 Å². The number of anilines is 1. The van der Waals surface area contributed by atoms with Crippen molar-refractivity contribution in [2.24, 2.45) is 0 Å². The lowest BCUT2D eigenvalue weighted by Gasteiger charge is -2.14. The van der Waals surface area contributed by atoms with Gasteiger partial charge in [0.05, 0.1) is 5.52 Å². The standard InChI is InChI=1S/C12H14ClN3OS/c1-8(7-18(2)17)14-11-9-5-3-4-6-10(9)15-12(13)16-11/h3-6,8H,7H2,1-2H3,(H,14,15,16). The van der Waals surface area contributed by atoms with Gasteiger partial charge in [0.1, 0.15) is 5.82 Å². The number of hydrogen-bond acceptors (Lipinski definition) is 4. The third-order valence-electron chi connectivity index (χ3n) is 2.44. The van der Waals surface area contributed by atoms with E-state index in [1.54, 1.807) is 6.26 Å². The van der Waals surface area contributed by atoms with Gasteiger partial charge in [-0.1, -0.05) is 12.1 Å². The van der Waals surface area contributed by atoms with Crippen molar-refractivity contribution in [1.82, 2.24) is 9.97 Å². The number of nitrogens with zero attached hydrogens (tertiary/aromatic N) is 2. The fraction of sp³-hybridized carbons (Fsp3) is 0.333. The molecule has 0 amide bonds. The second-order valence-corrected chi connectivity index (χ2v) is 5.96. The van der Waals surface area contributed by atoms with E-state index in [-0.39, 0.29) is 11.3 Å². The number of nitrogens with one attached hydrogen (secondary N) is 1. The van der Waals surface area contributed by atoms with Crippen LogP contribution in [0.3, 0.4) is 0 Å². The number of benzene rings is 1. The minimum Gasteiger partial charge on any atom is -0.366 e. The van der Waals surface area contributed by atoms with Crippen LogP contribution in [0, 0.1) is 0 Å². The lowest BCUT2D eigenvalue weighted by atomic mass is 10.2. The third kappa shape index (κ3) is 3.17. The van der Waals surface area contributed by atoms with E-state index in [0.717, 1.165) is 10.9 Å². The highest BCUT2D eigenvalue weighted by Gasteiger charge is 2.10. The predicted molar refractivity (Wildman–Crippen MR) is 76.6 cm³/mol. The first-order valence-corrected chi connectivity index (χ1v) is 7.65. The third-order valence-corrected chi connectivity index (χ3v) is 3.58. The molecule has 0 saturated heterocycles. The van der Waals surface area contributed by atoms with E-state index in [4.69, 9.17) is 11.6 Å². The van der Waals surface area contributed by atoms with Crippen LogP contribution in [-0.4, -0.2) is 32.2 Å². The van der Waals surface area contributed by atoms with Gasteiger partial charge in [0.25, 0.3) is 0 Å². The van der Waals surface area contributed by atoms with Gasteiger partial charge in [-0.2, -0.15) is 0 Å². The SMILES string of the molecule is CC(CS(C)=O)Nc1nc(Cl)nc2ccccc12. The fourth-order valence-corrected chi connectivity index (χ4v) is 2.75. The van der Waals surface area contributed by atoms with Crippen LogP contribution < -0.4 is 5.32 Å². The quantitative estimate of drug-likeness (QED) is 0.876. The molecule has 2 aromatic rings. The van der Waals surface area contributed by atoms with Crippen LogP contribution in [0.25, 0.3) is 10.9 Å². The molecule has 0 spiro atoms. The maximum Gasteiger partial charge on any atom is 0.224 e. The summed E-state index contributed by atoms with van der Waals surface area (Å²) in [6.07, 6.45) is 1.68. The van der Waals surface area contributed by atoms with Crippen molar-refractivity contribution < 1.29 is 4.21 Å². The fourth-order valence-electron chi connectivity index (χ4n) is 1.79. The molecule has 1 N–H and O–H groups in total. The van der Waals surface area contributed by atoms with E-state index < -0.39 is 10.8 Å². The predicted octanol–water partition coefficient (Wildman–Crippen LogP) is 2.46. The van der Waals surface area contributed by atoms with Gasteiger partial charge in [0.2, 0.25) is 5.28 Å². The highest BCUT2D eigenvalue weighted by molar-refractivity contribution is 7.84. The van der Waals surface area contributed by atoms with Gasteiger partial charge >= 0.3 is 0 Å². The molecule has 0 radical (unpaired) electrons. The molecule has 18 heavy (non-hydrogen) atoms. The molecule has 96 valence electrons. The Bertz CT molecular complexity index is 591. The van der Waals surface area contributed by atoms with Gasteiger partial charge in [-0.25, -0.2) is 9.97 Å². The number of hydrogen-bond donors (Lipinski definition) is 1. The van der Waals surface area contributed by atoms with Gasteiger partial charge < -0.3 is 5.32 Å². The number of rotatable bonds is 4. The molecule has 1 aromatic carbocycles. The Morgan fingerprint density at radius 2 is 2.11 bits per heavy atom. The average molecular weight is 284 g/mol. The minimum atomic E-state index is -0.847. The zero-order chi connectivity index (χ0) is 13.1. The van der Waals surface area contributed by atoms with Crippen LogP contribution in [0.5, 0.6) is 0 Å². The summed E-state index contributed by atoms with van der Waals surface area (Å²) in [6, 6.07) is 7.71. The summed E-state index contributed by atoms with van der Waals surface area (Å²) >= 11 is 5.89. The highest BCUT2D eigenvalue weighted by atomic mass is 35.5. The number of aromatic nitrogens is 2. The van der Waals surface area contributed by atoms with E-state index in [1.807, 2.05) is 31.2 Å². The number of fused-ring (bicyclic) bond motifs is 1. The number of para-hydroxylation sites is 1. The summed E-state index contributed by atoms with van der Waals surface area (Å²) in [5.74, 6) is 1.25. The van der Waals surface area contributed by atoms with E-state index in [9.17, 15) is 4.21 Å². The molecule has 0 bridgehead atoms. The van der Waals surface area contributed by atoms with E-state index in [0.29, 0.717) is 11.6 Å². The lowest BCUT2D eigenvalue weighted by molar-refractivity contribution is 0.683. The van der Waals surface area contributed by atoms with Crippen molar-refractivity contribution in [1.29, 1.82) is 0 Å². The summed E-state index contributed by atoms with van der Waals surface area (Å²) in [4.78, 5) is 8.35. The summed E-state index contributed by atoms with van der Waals surface area (Å²) in [7, 11) is -0.847.